The van der Waals surface area contributed by atoms with E-state index in [0.29, 0.717) is 11.4 Å². The van der Waals surface area contributed by atoms with Crippen LogP contribution in [0, 0.1) is 0 Å². The summed E-state index contributed by atoms with van der Waals surface area (Å²) < 4.78 is 10.8. The Hall–Kier alpha value is -2.43. The summed E-state index contributed by atoms with van der Waals surface area (Å²) in [5.41, 5.74) is 1.84. The number of nitrogens with zero attached hydrogens (tertiary/aromatic N) is 2. The molecule has 0 atom stereocenters. The third-order valence-electron chi connectivity index (χ3n) is 3.79. The number of pyridine rings is 2. The van der Waals surface area contributed by atoms with E-state index in [1.165, 1.54) is 26.1 Å². The Morgan fingerprint density at radius 2 is 2.05 bits per heavy atom. The van der Waals surface area contributed by atoms with Crippen LogP contribution in [0.15, 0.2) is 36.7 Å². The maximum Gasteiger partial charge on any atom is 0.339 e. The SMILES string of the molecule is COC(=O)c1cnc(OC2CCCC2)c(-c2ccccn2)c1. The number of hydrogen-bond acceptors (Lipinski definition) is 5. The molecule has 2 heterocycles. The molecule has 5 heteroatoms. The molecule has 2 aromatic heterocycles. The molecule has 1 saturated carbocycles. The Morgan fingerprint density at radius 1 is 1.23 bits per heavy atom. The first-order valence-electron chi connectivity index (χ1n) is 7.44. The Labute approximate surface area is 129 Å². The van der Waals surface area contributed by atoms with Crippen LogP contribution in [0.25, 0.3) is 11.3 Å². The third kappa shape index (κ3) is 3.08. The molecule has 0 aliphatic heterocycles. The summed E-state index contributed by atoms with van der Waals surface area (Å²) in [6, 6.07) is 7.34. The van der Waals surface area contributed by atoms with Crippen LogP contribution in [0.3, 0.4) is 0 Å². The molecule has 0 unspecified atom stereocenters. The van der Waals surface area contributed by atoms with E-state index in [9.17, 15) is 4.79 Å². The zero-order valence-electron chi connectivity index (χ0n) is 12.5. The van der Waals surface area contributed by atoms with Crippen LogP contribution in [-0.2, 0) is 4.74 Å². The van der Waals surface area contributed by atoms with E-state index in [0.717, 1.165) is 24.1 Å². The van der Waals surface area contributed by atoms with E-state index < -0.39 is 5.97 Å². The largest absolute Gasteiger partial charge is 0.474 e. The lowest BCUT2D eigenvalue weighted by atomic mass is 10.1. The van der Waals surface area contributed by atoms with Crippen molar-refractivity contribution in [1.82, 2.24) is 9.97 Å². The van der Waals surface area contributed by atoms with Gasteiger partial charge < -0.3 is 9.47 Å². The third-order valence-corrected chi connectivity index (χ3v) is 3.79. The molecule has 1 aliphatic rings. The van der Waals surface area contributed by atoms with Crippen LogP contribution in [-0.4, -0.2) is 29.2 Å². The molecule has 0 amide bonds. The van der Waals surface area contributed by atoms with Gasteiger partial charge in [0, 0.05) is 12.4 Å². The second-order valence-corrected chi connectivity index (χ2v) is 5.31. The molecule has 0 spiro atoms. The van der Waals surface area contributed by atoms with E-state index in [-0.39, 0.29) is 6.10 Å². The maximum atomic E-state index is 11.7. The highest BCUT2D eigenvalue weighted by molar-refractivity contribution is 5.90. The van der Waals surface area contributed by atoms with E-state index in [1.54, 1.807) is 12.3 Å². The van der Waals surface area contributed by atoms with Gasteiger partial charge in [-0.1, -0.05) is 6.07 Å². The second-order valence-electron chi connectivity index (χ2n) is 5.31. The van der Waals surface area contributed by atoms with Gasteiger partial charge in [0.2, 0.25) is 5.88 Å². The lowest BCUT2D eigenvalue weighted by Gasteiger charge is -2.15. The summed E-state index contributed by atoms with van der Waals surface area (Å²) in [5, 5.41) is 0. The number of hydrogen-bond donors (Lipinski definition) is 0. The molecule has 3 rings (SSSR count). The van der Waals surface area contributed by atoms with E-state index >= 15 is 0 Å². The quantitative estimate of drug-likeness (QED) is 0.811. The highest BCUT2D eigenvalue weighted by atomic mass is 16.5. The summed E-state index contributed by atoms with van der Waals surface area (Å²) in [7, 11) is 1.35. The lowest BCUT2D eigenvalue weighted by Crippen LogP contribution is -2.13. The lowest BCUT2D eigenvalue weighted by molar-refractivity contribution is 0.0600. The Bertz CT molecular complexity index is 652. The standard InChI is InChI=1S/C17H18N2O3/c1-21-17(20)12-10-14(15-8-4-5-9-18-15)16(19-11-12)22-13-6-2-3-7-13/h4-5,8-11,13H,2-3,6-7H2,1H3. The average Bonchev–Trinajstić information content (AvgIpc) is 3.08. The van der Waals surface area contributed by atoms with Gasteiger partial charge in [-0.3, -0.25) is 4.98 Å². The summed E-state index contributed by atoms with van der Waals surface area (Å²) in [5.74, 6) is 0.107. The minimum Gasteiger partial charge on any atom is -0.474 e. The molecule has 22 heavy (non-hydrogen) atoms. The predicted octanol–water partition coefficient (Wildman–Crippen LogP) is 3.25. The van der Waals surface area contributed by atoms with Crippen LogP contribution >= 0.6 is 0 Å². The number of aromatic nitrogens is 2. The first kappa shape index (κ1) is 14.5. The van der Waals surface area contributed by atoms with E-state index in [2.05, 4.69) is 9.97 Å². The summed E-state index contributed by atoms with van der Waals surface area (Å²) in [6.07, 6.45) is 7.85. The highest BCUT2D eigenvalue weighted by Crippen LogP contribution is 2.31. The van der Waals surface area contributed by atoms with Gasteiger partial charge in [-0.25, -0.2) is 9.78 Å². The molecule has 0 saturated heterocycles. The molecule has 1 fully saturated rings. The molecule has 2 aromatic rings. The fraction of sp³-hybridized carbons (Fsp3) is 0.353. The number of carbonyl (C=O) groups is 1. The smallest absolute Gasteiger partial charge is 0.339 e. The van der Waals surface area contributed by atoms with Crippen molar-refractivity contribution in [3.05, 3.63) is 42.2 Å². The number of esters is 1. The topological polar surface area (TPSA) is 61.3 Å². The molecular formula is C17H18N2O3. The van der Waals surface area contributed by atoms with Crippen molar-refractivity contribution < 1.29 is 14.3 Å². The first-order chi connectivity index (χ1) is 10.8. The van der Waals surface area contributed by atoms with E-state index in [4.69, 9.17) is 9.47 Å². The zero-order valence-corrected chi connectivity index (χ0v) is 12.5. The van der Waals surface area contributed by atoms with Crippen molar-refractivity contribution in [3.63, 3.8) is 0 Å². The van der Waals surface area contributed by atoms with Gasteiger partial charge in [-0.2, -0.15) is 0 Å². The van der Waals surface area contributed by atoms with E-state index in [1.807, 2.05) is 18.2 Å². The summed E-state index contributed by atoms with van der Waals surface area (Å²) in [4.78, 5) is 20.4. The number of rotatable bonds is 4. The molecule has 0 radical (unpaired) electrons. The summed E-state index contributed by atoms with van der Waals surface area (Å²) >= 11 is 0. The van der Waals surface area contributed by atoms with Crippen LogP contribution in [0.5, 0.6) is 5.88 Å². The fourth-order valence-corrected chi connectivity index (χ4v) is 2.65. The predicted molar refractivity (Wildman–Crippen MR) is 81.7 cm³/mol. The molecule has 0 N–H and O–H groups in total. The van der Waals surface area contributed by atoms with Crippen LogP contribution in [0.4, 0.5) is 0 Å². The van der Waals surface area contributed by atoms with Crippen molar-refractivity contribution >= 4 is 5.97 Å². The fourth-order valence-electron chi connectivity index (χ4n) is 2.65. The Kier molecular flexibility index (Phi) is 4.32. The number of methoxy groups -OCH3 is 1. The second kappa shape index (κ2) is 6.56. The van der Waals surface area contributed by atoms with Crippen molar-refractivity contribution in [1.29, 1.82) is 0 Å². The maximum absolute atomic E-state index is 11.7. The molecule has 5 nitrogen and oxygen atoms in total. The van der Waals surface area contributed by atoms with Crippen LogP contribution in [0.1, 0.15) is 36.0 Å². The molecule has 114 valence electrons. The monoisotopic (exact) mass is 298 g/mol. The minimum atomic E-state index is -0.419. The Morgan fingerprint density at radius 3 is 2.73 bits per heavy atom. The zero-order chi connectivity index (χ0) is 15.4. The van der Waals surface area contributed by atoms with Gasteiger partial charge >= 0.3 is 5.97 Å². The average molecular weight is 298 g/mol. The van der Waals surface area contributed by atoms with Crippen molar-refractivity contribution in [3.8, 4) is 17.1 Å². The first-order valence-corrected chi connectivity index (χ1v) is 7.44. The minimum absolute atomic E-state index is 0.193. The molecule has 0 bridgehead atoms. The van der Waals surface area contributed by atoms with Gasteiger partial charge in [0.1, 0.15) is 6.10 Å². The van der Waals surface area contributed by atoms with Gasteiger partial charge in [-0.15, -0.1) is 0 Å². The Balaban J connectivity index is 1.98. The summed E-state index contributed by atoms with van der Waals surface area (Å²) in [6.45, 7) is 0. The van der Waals surface area contributed by atoms with Crippen LogP contribution < -0.4 is 4.74 Å². The molecule has 0 aromatic carbocycles. The number of ether oxygens (including phenoxy) is 2. The normalized spacial score (nSPS) is 14.8. The van der Waals surface area contributed by atoms with Crippen LogP contribution in [0.2, 0.25) is 0 Å². The van der Waals surface area contributed by atoms with Gasteiger partial charge in [0.25, 0.3) is 0 Å². The molecular weight excluding hydrogens is 280 g/mol. The van der Waals surface area contributed by atoms with Gasteiger partial charge in [-0.05, 0) is 43.9 Å². The van der Waals surface area contributed by atoms with Gasteiger partial charge in [0.05, 0.1) is 23.9 Å². The van der Waals surface area contributed by atoms with Gasteiger partial charge in [0.15, 0.2) is 0 Å². The number of carbonyl (C=O) groups excluding carboxylic acids is 1. The van der Waals surface area contributed by atoms with Crippen molar-refractivity contribution in [2.45, 2.75) is 31.8 Å². The molecule has 1 aliphatic carbocycles. The van der Waals surface area contributed by atoms with Crippen molar-refractivity contribution in [2.75, 3.05) is 7.11 Å². The van der Waals surface area contributed by atoms with Crippen molar-refractivity contribution in [2.24, 2.45) is 0 Å². The highest BCUT2D eigenvalue weighted by Gasteiger charge is 2.21.